The number of hydrogen-bond acceptors (Lipinski definition) is 4. The summed E-state index contributed by atoms with van der Waals surface area (Å²) in [6.45, 7) is 2.87. The lowest BCUT2D eigenvalue weighted by Crippen LogP contribution is -2.24. The summed E-state index contributed by atoms with van der Waals surface area (Å²) in [5.74, 6) is -0.0256. The average Bonchev–Trinajstić information content (AvgIpc) is 2.85. The normalized spacial score (nSPS) is 22.3. The molecule has 2 atom stereocenters. The summed E-state index contributed by atoms with van der Waals surface area (Å²) >= 11 is 0. The fourth-order valence-corrected chi connectivity index (χ4v) is 2.30. The Balaban J connectivity index is 1.78. The molecule has 2 heterocycles. The van der Waals surface area contributed by atoms with Crippen molar-refractivity contribution in [2.75, 3.05) is 26.2 Å². The van der Waals surface area contributed by atoms with Crippen molar-refractivity contribution < 1.29 is 14.6 Å². The predicted octanol–water partition coefficient (Wildman–Crippen LogP) is 0.958. The maximum absolute atomic E-state index is 12.7. The highest BCUT2D eigenvalue weighted by atomic mass is 19.1. The molecular weight excluding hydrogens is 235 g/mol. The number of pyridine rings is 1. The standard InChI is InChI=1S/C13H19FN2O2/c14-11-1-2-12(15-7-11)13(18)4-6-16-5-3-10(8-16)9-17/h1-2,7,10,13,17-18H,3-6,8-9H2. The third kappa shape index (κ3) is 3.48. The van der Waals surface area contributed by atoms with Gasteiger partial charge in [0.2, 0.25) is 0 Å². The van der Waals surface area contributed by atoms with Crippen molar-refractivity contribution in [3.8, 4) is 0 Å². The van der Waals surface area contributed by atoms with Gasteiger partial charge in [0.25, 0.3) is 0 Å². The van der Waals surface area contributed by atoms with Gasteiger partial charge >= 0.3 is 0 Å². The average molecular weight is 254 g/mol. The van der Waals surface area contributed by atoms with E-state index in [1.807, 2.05) is 0 Å². The lowest BCUT2D eigenvalue weighted by molar-refractivity contribution is 0.142. The minimum absolute atomic E-state index is 0.235. The second kappa shape index (κ2) is 6.22. The van der Waals surface area contributed by atoms with Crippen LogP contribution in [-0.2, 0) is 0 Å². The van der Waals surface area contributed by atoms with Crippen LogP contribution in [-0.4, -0.2) is 46.3 Å². The SMILES string of the molecule is OCC1CCN(CCC(O)c2ccc(F)cn2)C1. The van der Waals surface area contributed by atoms with Crippen molar-refractivity contribution in [2.45, 2.75) is 18.9 Å². The summed E-state index contributed by atoms with van der Waals surface area (Å²) in [5.41, 5.74) is 0.509. The molecule has 0 radical (unpaired) electrons. The van der Waals surface area contributed by atoms with Crippen LogP contribution in [0.3, 0.4) is 0 Å². The maximum atomic E-state index is 12.7. The van der Waals surface area contributed by atoms with Crippen molar-refractivity contribution in [3.63, 3.8) is 0 Å². The number of aromatic nitrogens is 1. The summed E-state index contributed by atoms with van der Waals surface area (Å²) in [6.07, 6.45) is 2.06. The first-order valence-corrected chi connectivity index (χ1v) is 6.31. The van der Waals surface area contributed by atoms with Gasteiger partial charge in [-0.25, -0.2) is 4.39 Å². The molecule has 18 heavy (non-hydrogen) atoms. The van der Waals surface area contributed by atoms with E-state index in [0.29, 0.717) is 18.0 Å². The van der Waals surface area contributed by atoms with E-state index in [2.05, 4.69) is 9.88 Å². The van der Waals surface area contributed by atoms with Crippen LogP contribution in [0.1, 0.15) is 24.6 Å². The maximum Gasteiger partial charge on any atom is 0.141 e. The Hall–Kier alpha value is -1.04. The predicted molar refractivity (Wildman–Crippen MR) is 65.4 cm³/mol. The highest BCUT2D eigenvalue weighted by molar-refractivity contribution is 5.07. The molecule has 1 saturated heterocycles. The van der Waals surface area contributed by atoms with Crippen LogP contribution in [0.25, 0.3) is 0 Å². The number of rotatable bonds is 5. The highest BCUT2D eigenvalue weighted by Crippen LogP contribution is 2.19. The lowest BCUT2D eigenvalue weighted by atomic mass is 10.1. The smallest absolute Gasteiger partial charge is 0.141 e. The van der Waals surface area contributed by atoms with Gasteiger partial charge in [0.05, 0.1) is 18.0 Å². The summed E-state index contributed by atoms with van der Waals surface area (Å²) in [4.78, 5) is 6.10. The van der Waals surface area contributed by atoms with Crippen molar-refractivity contribution in [2.24, 2.45) is 5.92 Å². The molecule has 1 aliphatic heterocycles. The molecule has 5 heteroatoms. The molecular formula is C13H19FN2O2. The van der Waals surface area contributed by atoms with Gasteiger partial charge < -0.3 is 15.1 Å². The van der Waals surface area contributed by atoms with E-state index >= 15 is 0 Å². The molecule has 100 valence electrons. The van der Waals surface area contributed by atoms with Crippen LogP contribution < -0.4 is 0 Å². The second-order valence-corrected chi connectivity index (χ2v) is 4.84. The van der Waals surface area contributed by atoms with Gasteiger partial charge in [-0.15, -0.1) is 0 Å². The number of aliphatic hydroxyl groups is 2. The zero-order valence-electron chi connectivity index (χ0n) is 10.3. The fraction of sp³-hybridized carbons (Fsp3) is 0.615. The third-order valence-corrected chi connectivity index (χ3v) is 3.44. The Morgan fingerprint density at radius 2 is 2.33 bits per heavy atom. The first-order valence-electron chi connectivity index (χ1n) is 6.31. The molecule has 0 saturated carbocycles. The Morgan fingerprint density at radius 1 is 1.50 bits per heavy atom. The van der Waals surface area contributed by atoms with Gasteiger partial charge in [-0.1, -0.05) is 0 Å². The number of halogens is 1. The summed E-state index contributed by atoms with van der Waals surface area (Å²) < 4.78 is 12.7. The van der Waals surface area contributed by atoms with E-state index in [-0.39, 0.29) is 6.61 Å². The number of nitrogens with zero attached hydrogens (tertiary/aromatic N) is 2. The molecule has 4 nitrogen and oxygen atoms in total. The minimum Gasteiger partial charge on any atom is -0.396 e. The Morgan fingerprint density at radius 3 is 2.94 bits per heavy atom. The van der Waals surface area contributed by atoms with Gasteiger partial charge in [0.15, 0.2) is 0 Å². The molecule has 2 rings (SSSR count). The van der Waals surface area contributed by atoms with Crippen molar-refractivity contribution in [3.05, 3.63) is 29.8 Å². The second-order valence-electron chi connectivity index (χ2n) is 4.84. The molecule has 0 amide bonds. The molecule has 0 spiro atoms. The largest absolute Gasteiger partial charge is 0.396 e. The molecule has 1 fully saturated rings. The molecule has 1 aromatic rings. The Kier molecular flexibility index (Phi) is 4.63. The zero-order valence-corrected chi connectivity index (χ0v) is 10.3. The van der Waals surface area contributed by atoms with Gasteiger partial charge in [-0.2, -0.15) is 0 Å². The van der Waals surface area contributed by atoms with E-state index in [0.717, 1.165) is 32.3 Å². The molecule has 0 aliphatic carbocycles. The van der Waals surface area contributed by atoms with E-state index < -0.39 is 11.9 Å². The molecule has 0 aromatic carbocycles. The molecule has 2 unspecified atom stereocenters. The molecule has 1 aromatic heterocycles. The molecule has 2 N–H and O–H groups in total. The number of likely N-dealkylation sites (tertiary alicyclic amines) is 1. The van der Waals surface area contributed by atoms with E-state index in [1.54, 1.807) is 0 Å². The van der Waals surface area contributed by atoms with Crippen LogP contribution in [0.4, 0.5) is 4.39 Å². The van der Waals surface area contributed by atoms with E-state index in [9.17, 15) is 9.50 Å². The summed E-state index contributed by atoms with van der Waals surface area (Å²) in [6, 6.07) is 2.82. The Bertz CT molecular complexity index is 372. The van der Waals surface area contributed by atoms with Gasteiger partial charge in [-0.05, 0) is 37.4 Å². The fourth-order valence-electron chi connectivity index (χ4n) is 2.30. The Labute approximate surface area is 106 Å². The van der Waals surface area contributed by atoms with E-state index in [1.165, 1.54) is 12.1 Å². The number of aliphatic hydroxyl groups excluding tert-OH is 2. The monoisotopic (exact) mass is 254 g/mol. The van der Waals surface area contributed by atoms with Crippen LogP contribution in [0, 0.1) is 11.7 Å². The zero-order chi connectivity index (χ0) is 13.0. The van der Waals surface area contributed by atoms with Crippen molar-refractivity contribution in [1.82, 2.24) is 9.88 Å². The third-order valence-electron chi connectivity index (χ3n) is 3.44. The van der Waals surface area contributed by atoms with Crippen molar-refractivity contribution >= 4 is 0 Å². The van der Waals surface area contributed by atoms with Gasteiger partial charge in [0.1, 0.15) is 5.82 Å². The quantitative estimate of drug-likeness (QED) is 0.821. The van der Waals surface area contributed by atoms with Crippen LogP contribution >= 0.6 is 0 Å². The first-order chi connectivity index (χ1) is 8.69. The molecule has 0 bridgehead atoms. The topological polar surface area (TPSA) is 56.6 Å². The molecule has 1 aliphatic rings. The minimum atomic E-state index is -0.654. The summed E-state index contributed by atoms with van der Waals surface area (Å²) in [5, 5.41) is 19.0. The summed E-state index contributed by atoms with van der Waals surface area (Å²) in [7, 11) is 0. The van der Waals surface area contributed by atoms with Crippen LogP contribution in [0.5, 0.6) is 0 Å². The van der Waals surface area contributed by atoms with Gasteiger partial charge in [-0.3, -0.25) is 4.98 Å². The highest BCUT2D eigenvalue weighted by Gasteiger charge is 2.22. The van der Waals surface area contributed by atoms with E-state index in [4.69, 9.17) is 5.11 Å². The first kappa shape index (κ1) is 13.4. The van der Waals surface area contributed by atoms with Crippen LogP contribution in [0.2, 0.25) is 0 Å². The van der Waals surface area contributed by atoms with Crippen LogP contribution in [0.15, 0.2) is 18.3 Å². The van der Waals surface area contributed by atoms with Gasteiger partial charge in [0, 0.05) is 19.7 Å². The van der Waals surface area contributed by atoms with Crippen molar-refractivity contribution in [1.29, 1.82) is 0 Å². The lowest BCUT2D eigenvalue weighted by Gasteiger charge is -2.17. The number of hydrogen-bond donors (Lipinski definition) is 2.